The monoisotopic (exact) mass is 527 g/mol. The molecule has 2 heterocycles. The number of fused-ring (bicyclic) bond motifs is 1. The minimum atomic E-state index is -0.885. The maximum atomic E-state index is 13.7. The van der Waals surface area contributed by atoms with Gasteiger partial charge in [-0.3, -0.25) is 14.5 Å². The number of aromatic hydroxyl groups is 1. The molecule has 0 unspecified atom stereocenters. The molecule has 1 aliphatic carbocycles. The normalized spacial score (nSPS) is 23.3. The van der Waals surface area contributed by atoms with Gasteiger partial charge in [0.15, 0.2) is 11.6 Å². The number of benzene rings is 1. The van der Waals surface area contributed by atoms with Crippen LogP contribution in [0.3, 0.4) is 0 Å². The molecule has 4 rings (SSSR count). The Kier molecular flexibility index (Phi) is 8.31. The van der Waals surface area contributed by atoms with Crippen molar-refractivity contribution in [2.75, 3.05) is 6.61 Å². The van der Waals surface area contributed by atoms with Crippen molar-refractivity contribution in [3.63, 3.8) is 0 Å². The molecule has 198 valence electrons. The number of rotatable bonds is 9. The number of aliphatic hydroxyl groups excluding tert-OH is 2. The first kappa shape index (κ1) is 27.2. The van der Waals surface area contributed by atoms with Crippen molar-refractivity contribution in [1.29, 1.82) is 0 Å². The molecule has 0 saturated carbocycles. The van der Waals surface area contributed by atoms with E-state index in [-0.39, 0.29) is 30.9 Å². The third-order valence-corrected chi connectivity index (χ3v) is 8.42. The number of thiophene rings is 1. The summed E-state index contributed by atoms with van der Waals surface area (Å²) in [5, 5.41) is 33.1. The highest BCUT2D eigenvalue weighted by atomic mass is 32.1. The van der Waals surface area contributed by atoms with Crippen molar-refractivity contribution in [2.24, 2.45) is 23.7 Å². The predicted octanol–water partition coefficient (Wildman–Crippen LogP) is 4.90. The number of phenols is 1. The summed E-state index contributed by atoms with van der Waals surface area (Å²) in [6, 6.07) is 7.95. The summed E-state index contributed by atoms with van der Waals surface area (Å²) in [4.78, 5) is 29.0. The van der Waals surface area contributed by atoms with Crippen LogP contribution in [0.5, 0.6) is 5.75 Å². The van der Waals surface area contributed by atoms with Crippen molar-refractivity contribution in [2.45, 2.75) is 52.7 Å². The molecule has 2 aromatic rings. The summed E-state index contributed by atoms with van der Waals surface area (Å²) in [5.74, 6) is -3.35. The fourth-order valence-corrected chi connectivity index (χ4v) is 6.41. The quantitative estimate of drug-likeness (QED) is 0.318. The molecular formula is C29H34FNO5S. The highest BCUT2D eigenvalue weighted by Crippen LogP contribution is 2.48. The molecular weight excluding hydrogens is 493 g/mol. The SMILES string of the molecule is C/C(=C\c1ccc(O)c(F)c1)CC[C@@H](O)C1=C(C(C)C)C[C@H]2C(=O)N(Cc3cccs3)C(=O)[C@H]2[C@H]1CO. The van der Waals surface area contributed by atoms with E-state index in [1.54, 1.807) is 12.1 Å². The number of carbonyl (C=O) groups is 2. The lowest BCUT2D eigenvalue weighted by molar-refractivity contribution is -0.140. The lowest BCUT2D eigenvalue weighted by atomic mass is 9.66. The minimum absolute atomic E-state index is 0.0468. The number of imide groups is 1. The van der Waals surface area contributed by atoms with E-state index in [2.05, 4.69) is 0 Å². The van der Waals surface area contributed by atoms with Crippen LogP contribution in [-0.4, -0.2) is 44.7 Å². The van der Waals surface area contributed by atoms with Crippen molar-refractivity contribution >= 4 is 29.2 Å². The van der Waals surface area contributed by atoms with Crippen LogP contribution in [0.4, 0.5) is 4.39 Å². The molecule has 0 radical (unpaired) electrons. The molecule has 6 nitrogen and oxygen atoms in total. The van der Waals surface area contributed by atoms with E-state index in [0.717, 1.165) is 16.0 Å². The molecule has 2 amide bonds. The average Bonchev–Trinajstić information content (AvgIpc) is 3.46. The summed E-state index contributed by atoms with van der Waals surface area (Å²) in [7, 11) is 0. The van der Waals surface area contributed by atoms with Crippen molar-refractivity contribution < 1.29 is 29.3 Å². The predicted molar refractivity (Wildman–Crippen MR) is 141 cm³/mol. The summed E-state index contributed by atoms with van der Waals surface area (Å²) in [6.07, 6.45) is 2.20. The first-order valence-corrected chi connectivity index (χ1v) is 13.5. The van der Waals surface area contributed by atoms with Gasteiger partial charge in [-0.05, 0) is 66.8 Å². The molecule has 2 aliphatic rings. The van der Waals surface area contributed by atoms with Gasteiger partial charge < -0.3 is 15.3 Å². The van der Waals surface area contributed by atoms with E-state index >= 15 is 0 Å². The number of amides is 2. The van der Waals surface area contributed by atoms with Gasteiger partial charge >= 0.3 is 0 Å². The largest absolute Gasteiger partial charge is 0.505 e. The first-order valence-electron chi connectivity index (χ1n) is 12.7. The van der Waals surface area contributed by atoms with Gasteiger partial charge in [0.2, 0.25) is 11.8 Å². The van der Waals surface area contributed by atoms with E-state index in [1.165, 1.54) is 28.4 Å². The van der Waals surface area contributed by atoms with Crippen LogP contribution in [0.25, 0.3) is 6.08 Å². The van der Waals surface area contributed by atoms with Crippen molar-refractivity contribution in [3.8, 4) is 5.75 Å². The zero-order valence-corrected chi connectivity index (χ0v) is 22.2. The Morgan fingerprint density at radius 1 is 1.24 bits per heavy atom. The van der Waals surface area contributed by atoms with Crippen LogP contribution in [0.15, 0.2) is 52.4 Å². The summed E-state index contributed by atoms with van der Waals surface area (Å²) in [5.41, 5.74) is 3.15. The number of likely N-dealkylation sites (tertiary alicyclic amines) is 1. The van der Waals surface area contributed by atoms with E-state index < -0.39 is 35.4 Å². The van der Waals surface area contributed by atoms with Gasteiger partial charge in [0.1, 0.15) is 0 Å². The Balaban J connectivity index is 1.55. The Morgan fingerprint density at radius 3 is 2.62 bits per heavy atom. The van der Waals surface area contributed by atoms with Gasteiger partial charge in [-0.25, -0.2) is 4.39 Å². The number of phenolic OH excluding ortho intramolecular Hbond substituents is 1. The Morgan fingerprint density at radius 2 is 2.00 bits per heavy atom. The Bertz CT molecular complexity index is 1220. The van der Waals surface area contributed by atoms with Crippen LogP contribution in [0, 0.1) is 29.5 Å². The zero-order chi connectivity index (χ0) is 26.9. The van der Waals surface area contributed by atoms with Gasteiger partial charge in [-0.1, -0.05) is 43.2 Å². The zero-order valence-electron chi connectivity index (χ0n) is 21.4. The van der Waals surface area contributed by atoms with Crippen LogP contribution >= 0.6 is 11.3 Å². The number of allylic oxidation sites excluding steroid dienone is 2. The summed E-state index contributed by atoms with van der Waals surface area (Å²) < 4.78 is 13.7. The smallest absolute Gasteiger partial charge is 0.234 e. The van der Waals surface area contributed by atoms with E-state index in [1.807, 2.05) is 38.3 Å². The maximum absolute atomic E-state index is 13.7. The molecule has 1 aromatic heterocycles. The van der Waals surface area contributed by atoms with Crippen LogP contribution < -0.4 is 0 Å². The molecule has 4 atom stereocenters. The van der Waals surface area contributed by atoms with Gasteiger partial charge in [-0.15, -0.1) is 11.3 Å². The van der Waals surface area contributed by atoms with Gasteiger partial charge in [0.25, 0.3) is 0 Å². The summed E-state index contributed by atoms with van der Waals surface area (Å²) >= 11 is 1.49. The second-order valence-electron chi connectivity index (χ2n) is 10.4. The second kappa shape index (κ2) is 11.3. The highest BCUT2D eigenvalue weighted by molar-refractivity contribution is 7.09. The Labute approximate surface area is 220 Å². The summed E-state index contributed by atoms with van der Waals surface area (Å²) in [6.45, 7) is 5.81. The standard InChI is InChI=1S/C29H34FNO5S/c1-16(2)20-13-21-27(29(36)31(28(21)35)14-19-5-4-10-37-19)22(15-32)26(20)25(34)8-6-17(3)11-18-7-9-24(33)23(30)12-18/h4-5,7,9-12,16,21-22,25,27,32-34H,6,8,13-15H2,1-3H3/b17-11+/t21-,22+,25-,27-/m1/s1. The molecule has 3 N–H and O–H groups in total. The molecule has 37 heavy (non-hydrogen) atoms. The number of hydrogen-bond acceptors (Lipinski definition) is 6. The number of aliphatic hydroxyl groups is 2. The van der Waals surface area contributed by atoms with E-state index in [9.17, 15) is 29.3 Å². The van der Waals surface area contributed by atoms with Crippen LogP contribution in [0.2, 0.25) is 0 Å². The fourth-order valence-electron chi connectivity index (χ4n) is 5.71. The second-order valence-corrected chi connectivity index (χ2v) is 11.4. The lowest BCUT2D eigenvalue weighted by Crippen LogP contribution is -2.39. The Hall–Kier alpha value is -2.81. The molecule has 1 saturated heterocycles. The van der Waals surface area contributed by atoms with Gasteiger partial charge in [0.05, 0.1) is 31.1 Å². The van der Waals surface area contributed by atoms with Crippen molar-refractivity contribution in [3.05, 3.63) is 68.7 Å². The van der Waals surface area contributed by atoms with E-state index in [4.69, 9.17) is 0 Å². The molecule has 0 bridgehead atoms. The molecule has 0 spiro atoms. The molecule has 1 aliphatic heterocycles. The third-order valence-electron chi connectivity index (χ3n) is 7.56. The van der Waals surface area contributed by atoms with Crippen molar-refractivity contribution in [1.82, 2.24) is 4.90 Å². The molecule has 8 heteroatoms. The lowest BCUT2D eigenvalue weighted by Gasteiger charge is -2.38. The number of carbonyl (C=O) groups excluding carboxylic acids is 2. The maximum Gasteiger partial charge on any atom is 0.234 e. The topological polar surface area (TPSA) is 98.1 Å². The number of nitrogens with zero attached hydrogens (tertiary/aromatic N) is 1. The third kappa shape index (κ3) is 5.56. The first-order chi connectivity index (χ1) is 17.6. The average molecular weight is 528 g/mol. The number of hydrogen-bond donors (Lipinski definition) is 3. The van der Waals surface area contributed by atoms with Crippen LogP contribution in [-0.2, 0) is 16.1 Å². The van der Waals surface area contributed by atoms with Gasteiger partial charge in [-0.2, -0.15) is 0 Å². The minimum Gasteiger partial charge on any atom is -0.505 e. The highest BCUT2D eigenvalue weighted by Gasteiger charge is 2.55. The molecule has 1 aromatic carbocycles. The molecule has 1 fully saturated rings. The fraction of sp³-hybridized carbons (Fsp3) is 0.448. The number of halogens is 1. The van der Waals surface area contributed by atoms with E-state index in [0.29, 0.717) is 30.4 Å². The van der Waals surface area contributed by atoms with Gasteiger partial charge in [0, 0.05) is 10.8 Å². The van der Waals surface area contributed by atoms with Crippen LogP contribution in [0.1, 0.15) is 50.5 Å².